The van der Waals surface area contributed by atoms with Gasteiger partial charge in [-0.15, -0.1) is 0 Å². The van der Waals surface area contributed by atoms with E-state index in [9.17, 15) is 13.2 Å². The Hall–Kier alpha value is -1.36. The van der Waals surface area contributed by atoms with Crippen molar-refractivity contribution in [3.8, 4) is 0 Å². The number of carbonyl (C=O) groups is 1. The maximum absolute atomic E-state index is 12.6. The van der Waals surface area contributed by atoms with Crippen molar-refractivity contribution in [1.82, 2.24) is 4.90 Å². The van der Waals surface area contributed by atoms with Crippen molar-refractivity contribution < 1.29 is 13.2 Å². The summed E-state index contributed by atoms with van der Waals surface area (Å²) in [6.07, 6.45) is 1.38. The van der Waals surface area contributed by atoms with E-state index >= 15 is 0 Å². The van der Waals surface area contributed by atoms with Gasteiger partial charge in [0.1, 0.15) is 0 Å². The van der Waals surface area contributed by atoms with E-state index in [2.05, 4.69) is 0 Å². The second kappa shape index (κ2) is 5.95. The van der Waals surface area contributed by atoms with Crippen LogP contribution in [0.25, 0.3) is 0 Å². The van der Waals surface area contributed by atoms with E-state index in [-0.39, 0.29) is 23.5 Å². The first-order valence-electron chi connectivity index (χ1n) is 7.01. The number of nitrogens with zero attached hydrogens (tertiary/aromatic N) is 1. The molecule has 0 spiro atoms. The zero-order valence-corrected chi connectivity index (χ0v) is 12.8. The number of rotatable bonds is 4. The van der Waals surface area contributed by atoms with Gasteiger partial charge in [0.2, 0.25) is 0 Å². The van der Waals surface area contributed by atoms with Gasteiger partial charge in [-0.1, -0.05) is 24.6 Å². The molecule has 1 aromatic rings. The molecule has 20 heavy (non-hydrogen) atoms. The average Bonchev–Trinajstić information content (AvgIpc) is 2.76. The Morgan fingerprint density at radius 3 is 2.45 bits per heavy atom. The topological polar surface area (TPSA) is 54.5 Å². The minimum atomic E-state index is -2.98. The third kappa shape index (κ3) is 3.39. The van der Waals surface area contributed by atoms with Gasteiger partial charge in [0.25, 0.3) is 5.91 Å². The Morgan fingerprint density at radius 1 is 1.30 bits per heavy atom. The fourth-order valence-electron chi connectivity index (χ4n) is 2.57. The predicted molar refractivity (Wildman–Crippen MR) is 79.6 cm³/mol. The summed E-state index contributed by atoms with van der Waals surface area (Å²) in [4.78, 5) is 14.3. The monoisotopic (exact) mass is 295 g/mol. The summed E-state index contributed by atoms with van der Waals surface area (Å²) in [5.41, 5.74) is 1.74. The van der Waals surface area contributed by atoms with Gasteiger partial charge in [0.05, 0.1) is 11.5 Å². The van der Waals surface area contributed by atoms with Crippen molar-refractivity contribution in [1.29, 1.82) is 0 Å². The van der Waals surface area contributed by atoms with Crippen LogP contribution in [0.1, 0.15) is 35.7 Å². The summed E-state index contributed by atoms with van der Waals surface area (Å²) >= 11 is 0. The van der Waals surface area contributed by atoms with Gasteiger partial charge >= 0.3 is 0 Å². The standard InChI is InChI=1S/C15H21NO3S/c1-3-9-16(14-8-10-20(18,19)11-14)15(17)13-6-4-12(2)5-7-13/h4-7,14H,3,8-11H2,1-2H3. The zero-order chi connectivity index (χ0) is 14.8. The Bertz CT molecular complexity index is 578. The molecule has 5 heteroatoms. The molecular formula is C15H21NO3S. The molecule has 1 aromatic carbocycles. The molecule has 0 N–H and O–H groups in total. The second-order valence-corrected chi connectivity index (χ2v) is 7.65. The van der Waals surface area contributed by atoms with E-state index in [0.29, 0.717) is 18.5 Å². The number of hydrogen-bond acceptors (Lipinski definition) is 3. The normalized spacial score (nSPS) is 20.8. The molecule has 4 nitrogen and oxygen atoms in total. The lowest BCUT2D eigenvalue weighted by molar-refractivity contribution is 0.0697. The van der Waals surface area contributed by atoms with Crippen LogP contribution in [0.2, 0.25) is 0 Å². The molecule has 1 aliphatic heterocycles. The molecule has 0 aromatic heterocycles. The molecule has 110 valence electrons. The Balaban J connectivity index is 2.20. The highest BCUT2D eigenvalue weighted by molar-refractivity contribution is 7.91. The Kier molecular flexibility index (Phi) is 4.48. The fourth-order valence-corrected chi connectivity index (χ4v) is 4.30. The van der Waals surface area contributed by atoms with Crippen molar-refractivity contribution in [2.24, 2.45) is 0 Å². The van der Waals surface area contributed by atoms with Crippen LogP contribution in [-0.4, -0.2) is 43.3 Å². The van der Waals surface area contributed by atoms with Gasteiger partial charge in [-0.2, -0.15) is 0 Å². The van der Waals surface area contributed by atoms with Crippen molar-refractivity contribution in [2.45, 2.75) is 32.7 Å². The van der Waals surface area contributed by atoms with E-state index in [1.54, 1.807) is 4.90 Å². The molecular weight excluding hydrogens is 274 g/mol. The Morgan fingerprint density at radius 2 is 1.95 bits per heavy atom. The predicted octanol–water partition coefficient (Wildman–Crippen LogP) is 2.03. The molecule has 2 rings (SSSR count). The fraction of sp³-hybridized carbons (Fsp3) is 0.533. The first-order chi connectivity index (χ1) is 9.43. The van der Waals surface area contributed by atoms with Crippen LogP contribution in [0.4, 0.5) is 0 Å². The van der Waals surface area contributed by atoms with Gasteiger partial charge in [-0.05, 0) is 31.9 Å². The van der Waals surface area contributed by atoms with Crippen LogP contribution >= 0.6 is 0 Å². The molecule has 1 unspecified atom stereocenters. The van der Waals surface area contributed by atoms with E-state index in [4.69, 9.17) is 0 Å². The molecule has 1 amide bonds. The molecule has 0 radical (unpaired) electrons. The lowest BCUT2D eigenvalue weighted by Gasteiger charge is -2.28. The molecule has 1 aliphatic rings. The van der Waals surface area contributed by atoms with Crippen molar-refractivity contribution in [2.75, 3.05) is 18.1 Å². The van der Waals surface area contributed by atoms with E-state index in [0.717, 1.165) is 12.0 Å². The van der Waals surface area contributed by atoms with Gasteiger partial charge in [-0.3, -0.25) is 4.79 Å². The van der Waals surface area contributed by atoms with Crippen molar-refractivity contribution >= 4 is 15.7 Å². The highest BCUT2D eigenvalue weighted by Crippen LogP contribution is 2.20. The Labute approximate surface area is 120 Å². The number of carbonyl (C=O) groups excluding carboxylic acids is 1. The van der Waals surface area contributed by atoms with Crippen LogP contribution in [0.15, 0.2) is 24.3 Å². The molecule has 1 atom stereocenters. The third-order valence-corrected chi connectivity index (χ3v) is 5.42. The van der Waals surface area contributed by atoms with Crippen LogP contribution in [0, 0.1) is 6.92 Å². The third-order valence-electron chi connectivity index (χ3n) is 3.67. The van der Waals surface area contributed by atoms with Crippen molar-refractivity contribution in [3.63, 3.8) is 0 Å². The molecule has 1 saturated heterocycles. The summed E-state index contributed by atoms with van der Waals surface area (Å²) in [5, 5.41) is 0. The summed E-state index contributed by atoms with van der Waals surface area (Å²) in [6, 6.07) is 7.26. The molecule has 0 saturated carbocycles. The second-order valence-electron chi connectivity index (χ2n) is 5.42. The summed E-state index contributed by atoms with van der Waals surface area (Å²) in [7, 11) is -2.98. The number of hydrogen-bond donors (Lipinski definition) is 0. The van der Waals surface area contributed by atoms with Crippen molar-refractivity contribution in [3.05, 3.63) is 35.4 Å². The van der Waals surface area contributed by atoms with E-state index < -0.39 is 9.84 Å². The first-order valence-corrected chi connectivity index (χ1v) is 8.83. The molecule has 0 aliphatic carbocycles. The lowest BCUT2D eigenvalue weighted by atomic mass is 10.1. The average molecular weight is 295 g/mol. The smallest absolute Gasteiger partial charge is 0.254 e. The van der Waals surface area contributed by atoms with Crippen LogP contribution in [0.5, 0.6) is 0 Å². The molecule has 1 heterocycles. The molecule has 0 bridgehead atoms. The summed E-state index contributed by atoms with van der Waals surface area (Å²) < 4.78 is 23.2. The summed E-state index contributed by atoms with van der Waals surface area (Å²) in [6.45, 7) is 4.58. The maximum Gasteiger partial charge on any atom is 0.254 e. The largest absolute Gasteiger partial charge is 0.335 e. The quantitative estimate of drug-likeness (QED) is 0.854. The summed E-state index contributed by atoms with van der Waals surface area (Å²) in [5.74, 6) is 0.234. The van der Waals surface area contributed by atoms with Gasteiger partial charge in [0.15, 0.2) is 9.84 Å². The van der Waals surface area contributed by atoms with E-state index in [1.807, 2.05) is 38.1 Å². The molecule has 1 fully saturated rings. The minimum absolute atomic E-state index is 0.0612. The lowest BCUT2D eigenvalue weighted by Crippen LogP contribution is -2.41. The first kappa shape index (κ1) is 15.0. The number of aryl methyl sites for hydroxylation is 1. The van der Waals surface area contributed by atoms with Gasteiger partial charge in [-0.25, -0.2) is 8.42 Å². The van der Waals surface area contributed by atoms with Crippen LogP contribution in [0.3, 0.4) is 0 Å². The minimum Gasteiger partial charge on any atom is -0.335 e. The number of benzene rings is 1. The highest BCUT2D eigenvalue weighted by atomic mass is 32.2. The van der Waals surface area contributed by atoms with Gasteiger partial charge in [0, 0.05) is 18.2 Å². The highest BCUT2D eigenvalue weighted by Gasteiger charge is 2.34. The van der Waals surface area contributed by atoms with Crippen LogP contribution < -0.4 is 0 Å². The number of sulfone groups is 1. The maximum atomic E-state index is 12.6. The van der Waals surface area contributed by atoms with Gasteiger partial charge < -0.3 is 4.90 Å². The number of amides is 1. The SMILES string of the molecule is CCCN(C(=O)c1ccc(C)cc1)C1CCS(=O)(=O)C1. The van der Waals surface area contributed by atoms with E-state index in [1.165, 1.54) is 0 Å². The zero-order valence-electron chi connectivity index (χ0n) is 12.0. The van der Waals surface area contributed by atoms with Crippen LogP contribution in [-0.2, 0) is 9.84 Å².